The Morgan fingerprint density at radius 3 is 1.81 bits per heavy atom. The second-order valence-electron chi connectivity index (χ2n) is 6.45. The second kappa shape index (κ2) is 19.5. The van der Waals surface area contributed by atoms with Gasteiger partial charge in [-0.15, -0.1) is 61.4 Å². The smallest absolute Gasteiger partial charge is 0.0809 e. The Kier molecular flexibility index (Phi) is 25.1. The van der Waals surface area contributed by atoms with E-state index < -0.39 is 0 Å². The molecule has 2 aromatic rings. The fourth-order valence-corrected chi connectivity index (χ4v) is 2.23. The maximum absolute atomic E-state index is 3.36. The van der Waals surface area contributed by atoms with Crippen molar-refractivity contribution < 1.29 is 23.3 Å². The van der Waals surface area contributed by atoms with Crippen LogP contribution in [0.2, 0.25) is 19.6 Å². The summed E-state index contributed by atoms with van der Waals surface area (Å²) in [5.74, 6) is 0.560. The third kappa shape index (κ3) is 13.9. The maximum atomic E-state index is 3.36. The largest absolute Gasteiger partial charge is 0.168 e. The molecule has 27 heavy (non-hydrogen) atoms. The predicted molar refractivity (Wildman–Crippen MR) is 130 cm³/mol. The van der Waals surface area contributed by atoms with Crippen molar-refractivity contribution in [1.29, 1.82) is 0 Å². The molecule has 3 radical (unpaired) electrons. The molecule has 151 valence electrons. The molecule has 0 nitrogen and oxygen atoms in total. The van der Waals surface area contributed by atoms with Gasteiger partial charge in [-0.3, -0.25) is 6.08 Å². The van der Waals surface area contributed by atoms with Gasteiger partial charge in [0.1, 0.15) is 0 Å². The van der Waals surface area contributed by atoms with E-state index in [1.54, 1.807) is 0 Å². The van der Waals surface area contributed by atoms with Gasteiger partial charge in [0.2, 0.25) is 0 Å². The van der Waals surface area contributed by atoms with Gasteiger partial charge in [0, 0.05) is 8.80 Å². The van der Waals surface area contributed by atoms with Crippen LogP contribution < -0.4 is 0 Å². The fourth-order valence-electron chi connectivity index (χ4n) is 2.23. The first-order valence-corrected chi connectivity index (χ1v) is 15.4. The van der Waals surface area contributed by atoms with Crippen LogP contribution >= 0.6 is 24.8 Å². The van der Waals surface area contributed by atoms with Crippen LogP contribution in [-0.2, 0) is 23.3 Å². The van der Waals surface area contributed by atoms with Crippen LogP contribution in [0.25, 0.3) is 10.8 Å². The topological polar surface area (TPSA) is 0 Å². The zero-order valence-corrected chi connectivity index (χ0v) is 24.0. The summed E-state index contributed by atoms with van der Waals surface area (Å²) in [7, 11) is 0.120. The number of benzene rings is 1. The molecule has 0 heterocycles. The standard InChI is InChI=1S/C9H7.C9H13.C3H9Si.CH3.2ClH.Si.Zr/c1-2-5-9-7-3-6-8(9)4-1;1-6-5-7(2)9(4)8(6)3;1-4(2)3;;;;;/h1-7H;6H,1-4H3;1-3H3;1H3;2*1H;;/q2*-1;;-1;;;;. The van der Waals surface area contributed by atoms with Gasteiger partial charge in [-0.25, -0.2) is 5.57 Å². The normalized spacial score (nSPS) is 13.9. The molecule has 1 aliphatic carbocycles. The number of fused-ring (bicyclic) bond motifs is 1. The van der Waals surface area contributed by atoms with E-state index in [-0.39, 0.29) is 41.0 Å². The molecule has 0 aromatic heterocycles. The van der Waals surface area contributed by atoms with Crippen LogP contribution in [-0.4, -0.2) is 15.7 Å². The van der Waals surface area contributed by atoms with E-state index in [0.717, 1.165) is 0 Å². The van der Waals surface area contributed by atoms with Crippen molar-refractivity contribution in [3.8, 4) is 0 Å². The Morgan fingerprint density at radius 1 is 1.00 bits per heavy atom. The first-order valence-electron chi connectivity index (χ1n) is 8.23. The van der Waals surface area contributed by atoms with Crippen molar-refractivity contribution >= 4 is 51.3 Å². The molecular formula is C22H34Cl2Si2Zr-3. The minimum atomic E-state index is 0. The van der Waals surface area contributed by atoms with Gasteiger partial charge in [0.15, 0.2) is 0 Å². The minimum absolute atomic E-state index is 0. The maximum Gasteiger partial charge on any atom is -0.0809 e. The fraction of sp³-hybridized carbons (Fsp3) is 0.364. The molecule has 1 atom stereocenters. The van der Waals surface area contributed by atoms with Crippen molar-refractivity contribution in [1.82, 2.24) is 0 Å². The van der Waals surface area contributed by atoms with Gasteiger partial charge in [0.25, 0.3) is 0 Å². The SMILES string of the molecule is CC1=[C-]C(C)C(C)=C1C.C[Si](C)C.Cl.Cl.[CH3-].[Si]=[Zr].c1ccc2[cH-]ccc2c1. The Bertz CT molecular complexity index is 643. The van der Waals surface area contributed by atoms with Crippen LogP contribution in [0.5, 0.6) is 0 Å². The van der Waals surface area contributed by atoms with E-state index in [4.69, 9.17) is 0 Å². The number of rotatable bonds is 0. The van der Waals surface area contributed by atoms with Crippen LogP contribution in [0.15, 0.2) is 59.2 Å². The Hall–Kier alpha value is 0.207. The number of hydrogen-bond acceptors (Lipinski definition) is 0. The van der Waals surface area contributed by atoms with Crippen LogP contribution in [0.1, 0.15) is 27.7 Å². The number of hydrogen-bond donors (Lipinski definition) is 0. The Morgan fingerprint density at radius 2 is 1.48 bits per heavy atom. The van der Waals surface area contributed by atoms with Crippen LogP contribution in [0.3, 0.4) is 0 Å². The molecule has 0 aliphatic heterocycles. The molecule has 0 spiro atoms. The average molecular weight is 517 g/mol. The van der Waals surface area contributed by atoms with Crippen LogP contribution in [0, 0.1) is 19.4 Å². The summed E-state index contributed by atoms with van der Waals surface area (Å²) in [5, 5.41) is 2.66. The molecule has 0 saturated heterocycles. The van der Waals surface area contributed by atoms with Gasteiger partial charge < -0.3 is 7.43 Å². The molecule has 0 saturated carbocycles. The summed E-state index contributed by atoms with van der Waals surface area (Å²) in [5.41, 5.74) is 4.25. The molecule has 0 fully saturated rings. The molecule has 0 amide bonds. The quantitative estimate of drug-likeness (QED) is 0.250. The Labute approximate surface area is 199 Å². The van der Waals surface area contributed by atoms with Crippen LogP contribution in [0.4, 0.5) is 0 Å². The summed E-state index contributed by atoms with van der Waals surface area (Å²) in [6.45, 7) is 18.5. The van der Waals surface area contributed by atoms with Gasteiger partial charge in [-0.1, -0.05) is 52.4 Å². The van der Waals surface area contributed by atoms with E-state index in [1.807, 2.05) is 0 Å². The molecule has 3 rings (SSSR count). The van der Waals surface area contributed by atoms with Crippen molar-refractivity contribution in [3.63, 3.8) is 0 Å². The molecule has 0 bridgehead atoms. The zero-order valence-electron chi connectivity index (χ0n) is 17.9. The van der Waals surface area contributed by atoms with E-state index in [9.17, 15) is 0 Å². The first kappa shape index (κ1) is 34.7. The Balaban J connectivity index is -0.000000141. The first-order chi connectivity index (χ1) is 11.3. The van der Waals surface area contributed by atoms with E-state index >= 15 is 0 Å². The summed E-state index contributed by atoms with van der Waals surface area (Å²) in [4.78, 5) is 0. The zero-order chi connectivity index (χ0) is 18.7. The van der Waals surface area contributed by atoms with E-state index in [0.29, 0.717) is 5.92 Å². The summed E-state index contributed by atoms with van der Waals surface area (Å²) in [6.07, 6.45) is 3.36. The molecule has 1 aliphatic rings. The monoisotopic (exact) mass is 514 g/mol. The summed E-state index contributed by atoms with van der Waals surface area (Å²) in [6, 6.07) is 14.7. The van der Waals surface area contributed by atoms with Crippen molar-refractivity contribution in [2.75, 3.05) is 0 Å². The third-order valence-corrected chi connectivity index (χ3v) is 3.78. The van der Waals surface area contributed by atoms with Gasteiger partial charge >= 0.3 is 30.2 Å². The summed E-state index contributed by atoms with van der Waals surface area (Å²) < 4.78 is 0. The number of halogens is 2. The van der Waals surface area contributed by atoms with E-state index in [1.165, 1.54) is 50.8 Å². The summed E-state index contributed by atoms with van der Waals surface area (Å²) >= 11 is 1.36. The third-order valence-electron chi connectivity index (χ3n) is 3.78. The van der Waals surface area contributed by atoms with Crippen molar-refractivity contribution in [2.45, 2.75) is 47.3 Å². The van der Waals surface area contributed by atoms with Gasteiger partial charge in [-0.05, 0) is 0 Å². The average Bonchev–Trinajstić information content (AvgIpc) is 3.11. The molecule has 5 heteroatoms. The minimum Gasteiger partial charge on any atom is -0.168 e. The van der Waals surface area contributed by atoms with Gasteiger partial charge in [-0.2, -0.15) is 28.7 Å². The predicted octanol–water partition coefficient (Wildman–Crippen LogP) is 7.56. The number of allylic oxidation sites excluding steroid dienone is 4. The van der Waals surface area contributed by atoms with Crippen molar-refractivity contribution in [2.24, 2.45) is 5.92 Å². The van der Waals surface area contributed by atoms with Gasteiger partial charge in [0.05, 0.1) is 0 Å². The molecule has 2 aromatic carbocycles. The molecule has 1 unspecified atom stereocenters. The van der Waals surface area contributed by atoms with E-state index in [2.05, 4.69) is 103 Å². The second-order valence-corrected chi connectivity index (χ2v) is 9.45. The van der Waals surface area contributed by atoms with Crippen molar-refractivity contribution in [3.05, 3.63) is 72.7 Å². The molecule has 0 N–H and O–H groups in total. The molecular weight excluding hydrogens is 483 g/mol.